The second-order valence-electron chi connectivity index (χ2n) is 14.6. The monoisotopic (exact) mass is 684 g/mol. The highest BCUT2D eigenvalue weighted by molar-refractivity contribution is 6.09. The molecule has 266 valence electrons. The first kappa shape index (κ1) is 38.4. The Balaban J connectivity index is 2.02. The molecule has 2 aromatic heterocycles. The summed E-state index contributed by atoms with van der Waals surface area (Å²) in [5.41, 5.74) is 4.40. The minimum Gasteiger partial charge on any atom is -0.460 e. The predicted octanol–water partition coefficient (Wildman–Crippen LogP) is 6.75. The number of benzene rings is 1. The van der Waals surface area contributed by atoms with E-state index in [9.17, 15) is 24.0 Å². The number of carbonyl (C=O) groups excluding carboxylic acids is 4. The van der Waals surface area contributed by atoms with Gasteiger partial charge in [0, 0.05) is 12.0 Å². The van der Waals surface area contributed by atoms with Gasteiger partial charge in [-0.15, -0.1) is 0 Å². The van der Waals surface area contributed by atoms with Gasteiger partial charge in [-0.2, -0.15) is 4.90 Å². The Hall–Kier alpha value is -5.01. The molecular weight excluding hydrogens is 639 g/mol. The highest BCUT2D eigenvalue weighted by atomic mass is 19.1. The Labute approximate surface area is 284 Å². The van der Waals surface area contributed by atoms with Crippen molar-refractivity contribution in [3.63, 3.8) is 0 Å². The molecule has 3 rings (SSSR count). The van der Waals surface area contributed by atoms with E-state index >= 15 is 4.39 Å². The maximum absolute atomic E-state index is 15.7. The first-order valence-corrected chi connectivity index (χ1v) is 15.6. The van der Waals surface area contributed by atoms with Gasteiger partial charge < -0.3 is 24.4 Å². The van der Waals surface area contributed by atoms with Gasteiger partial charge in [0.1, 0.15) is 28.7 Å². The molecule has 3 amide bonds. The molecule has 2 N–H and O–H groups in total. The first-order chi connectivity index (χ1) is 22.4. The standard InChI is InChI=1S/C35H45FN4O9/c1-19-16-24(38-29(20(19)2)40(31(44)48-34(6,7)8)32(45)49-35(9,10)11)21-12-13-22(23(36)17-21)26-18-39(30(43)46-26)25(28(37)42)14-15-27(41)47-33(3,4)5/h12-13,16-18,25H,14-15H2,1-11H3,(H2,37,42). The lowest BCUT2D eigenvalue weighted by molar-refractivity contribution is -0.155. The molecule has 13 nitrogen and oxygen atoms in total. The average molecular weight is 685 g/mol. The van der Waals surface area contributed by atoms with Crippen molar-refractivity contribution in [2.75, 3.05) is 4.90 Å². The van der Waals surface area contributed by atoms with Gasteiger partial charge in [0.05, 0.1) is 17.5 Å². The molecule has 0 saturated carbocycles. The van der Waals surface area contributed by atoms with Crippen molar-refractivity contribution >= 4 is 29.9 Å². The van der Waals surface area contributed by atoms with Gasteiger partial charge in [-0.3, -0.25) is 14.2 Å². The summed E-state index contributed by atoms with van der Waals surface area (Å²) in [5.74, 6) is -3.50. The highest BCUT2D eigenvalue weighted by Crippen LogP contribution is 2.32. The van der Waals surface area contributed by atoms with Gasteiger partial charge in [0.15, 0.2) is 11.6 Å². The Morgan fingerprint density at radius 3 is 1.96 bits per heavy atom. The van der Waals surface area contributed by atoms with Crippen molar-refractivity contribution in [3.05, 3.63) is 58.0 Å². The summed E-state index contributed by atoms with van der Waals surface area (Å²) in [6.07, 6.45) is -1.21. The molecule has 0 aliphatic rings. The fourth-order valence-corrected chi connectivity index (χ4v) is 4.58. The van der Waals surface area contributed by atoms with E-state index in [0.29, 0.717) is 16.0 Å². The fourth-order valence-electron chi connectivity index (χ4n) is 4.58. The number of rotatable bonds is 8. The van der Waals surface area contributed by atoms with Crippen LogP contribution in [-0.4, -0.2) is 50.4 Å². The summed E-state index contributed by atoms with van der Waals surface area (Å²) in [4.78, 5) is 69.1. The van der Waals surface area contributed by atoms with E-state index in [4.69, 9.17) is 24.4 Å². The van der Waals surface area contributed by atoms with Crippen LogP contribution in [0.1, 0.15) is 92.3 Å². The third-order valence-electron chi connectivity index (χ3n) is 6.77. The van der Waals surface area contributed by atoms with Crippen LogP contribution < -0.4 is 16.4 Å². The van der Waals surface area contributed by atoms with Gasteiger partial charge in [-0.25, -0.2) is 23.8 Å². The molecule has 1 unspecified atom stereocenters. The van der Waals surface area contributed by atoms with Crippen molar-refractivity contribution in [2.45, 2.75) is 112 Å². The van der Waals surface area contributed by atoms with E-state index in [-0.39, 0.29) is 41.2 Å². The number of nitrogens with zero attached hydrogens (tertiary/aromatic N) is 3. The summed E-state index contributed by atoms with van der Waals surface area (Å²) < 4.78 is 38.1. The third-order valence-corrected chi connectivity index (χ3v) is 6.77. The number of nitrogens with two attached hydrogens (primary N) is 1. The summed E-state index contributed by atoms with van der Waals surface area (Å²) >= 11 is 0. The largest absolute Gasteiger partial charge is 0.460 e. The number of hydrogen-bond donors (Lipinski definition) is 1. The zero-order valence-electron chi connectivity index (χ0n) is 29.8. The molecule has 0 saturated heterocycles. The van der Waals surface area contributed by atoms with Crippen LogP contribution in [0.4, 0.5) is 19.8 Å². The van der Waals surface area contributed by atoms with Crippen molar-refractivity contribution in [1.82, 2.24) is 9.55 Å². The maximum Gasteiger partial charge on any atom is 0.425 e. The predicted molar refractivity (Wildman–Crippen MR) is 179 cm³/mol. The maximum atomic E-state index is 15.7. The smallest absolute Gasteiger partial charge is 0.425 e. The average Bonchev–Trinajstić information content (AvgIpc) is 3.28. The summed E-state index contributed by atoms with van der Waals surface area (Å²) in [6.45, 7) is 18.4. The van der Waals surface area contributed by atoms with Crippen LogP contribution in [0.5, 0.6) is 0 Å². The molecule has 1 aromatic carbocycles. The van der Waals surface area contributed by atoms with E-state index in [1.807, 2.05) is 0 Å². The number of oxazole rings is 1. The normalized spacial score (nSPS) is 12.7. The van der Waals surface area contributed by atoms with E-state index in [2.05, 4.69) is 4.98 Å². The molecule has 0 radical (unpaired) electrons. The Kier molecular flexibility index (Phi) is 11.2. The van der Waals surface area contributed by atoms with Crippen molar-refractivity contribution in [3.8, 4) is 22.6 Å². The Bertz CT molecular complexity index is 1780. The number of hydrogen-bond acceptors (Lipinski definition) is 10. The van der Waals surface area contributed by atoms with Gasteiger partial charge >= 0.3 is 23.9 Å². The van der Waals surface area contributed by atoms with Crippen LogP contribution in [0.3, 0.4) is 0 Å². The Morgan fingerprint density at radius 2 is 1.47 bits per heavy atom. The molecule has 3 aromatic rings. The molecule has 0 spiro atoms. The zero-order chi connectivity index (χ0) is 37.2. The van der Waals surface area contributed by atoms with Crippen LogP contribution in [-0.2, 0) is 23.8 Å². The zero-order valence-corrected chi connectivity index (χ0v) is 29.8. The number of imide groups is 1. The lowest BCUT2D eigenvalue weighted by atomic mass is 10.0. The number of pyridine rings is 1. The van der Waals surface area contributed by atoms with Crippen LogP contribution in [0.15, 0.2) is 39.7 Å². The molecule has 1 atom stereocenters. The quantitative estimate of drug-likeness (QED) is 0.197. The van der Waals surface area contributed by atoms with E-state index < -0.39 is 58.5 Å². The SMILES string of the molecule is Cc1cc(-c2ccc(-c3cn(C(CCC(=O)OC(C)(C)C)C(N)=O)c(=O)o3)c(F)c2)nc(N(C(=O)OC(C)(C)C)C(=O)OC(C)(C)C)c1C. The molecule has 14 heteroatoms. The van der Waals surface area contributed by atoms with Crippen molar-refractivity contribution in [1.29, 1.82) is 0 Å². The van der Waals surface area contributed by atoms with Gasteiger partial charge in [-0.05, 0) is 112 Å². The molecule has 0 bridgehead atoms. The van der Waals surface area contributed by atoms with Gasteiger partial charge in [0.25, 0.3) is 0 Å². The number of amides is 3. The fraction of sp³-hybridized carbons (Fsp3) is 0.486. The third kappa shape index (κ3) is 10.2. The number of carbonyl (C=O) groups is 4. The lowest BCUT2D eigenvalue weighted by Gasteiger charge is -2.29. The van der Waals surface area contributed by atoms with Crippen LogP contribution >= 0.6 is 0 Å². The van der Waals surface area contributed by atoms with Crippen LogP contribution in [0, 0.1) is 19.7 Å². The van der Waals surface area contributed by atoms with Crippen molar-refractivity contribution < 1.29 is 42.2 Å². The van der Waals surface area contributed by atoms with Crippen LogP contribution in [0.25, 0.3) is 22.6 Å². The van der Waals surface area contributed by atoms with Gasteiger partial charge in [0.2, 0.25) is 5.91 Å². The number of ether oxygens (including phenoxy) is 3. The first-order valence-electron chi connectivity index (χ1n) is 15.6. The van der Waals surface area contributed by atoms with Gasteiger partial charge in [-0.1, -0.05) is 6.07 Å². The number of aryl methyl sites for hydroxylation is 1. The van der Waals surface area contributed by atoms with E-state index in [1.54, 1.807) is 82.2 Å². The summed E-state index contributed by atoms with van der Waals surface area (Å²) in [5, 5.41) is 0. The topological polar surface area (TPSA) is 173 Å². The molecular formula is C35H45FN4O9. The molecule has 2 heterocycles. The number of primary amides is 1. The number of anilines is 1. The van der Waals surface area contributed by atoms with Crippen LogP contribution in [0.2, 0.25) is 0 Å². The second-order valence-corrected chi connectivity index (χ2v) is 14.6. The Morgan fingerprint density at radius 1 is 0.918 bits per heavy atom. The number of halogens is 1. The number of esters is 1. The molecule has 0 aliphatic heterocycles. The number of aromatic nitrogens is 2. The second kappa shape index (κ2) is 14.2. The molecule has 0 aliphatic carbocycles. The van der Waals surface area contributed by atoms with Crippen molar-refractivity contribution in [2.24, 2.45) is 5.73 Å². The van der Waals surface area contributed by atoms with E-state index in [1.165, 1.54) is 12.1 Å². The van der Waals surface area contributed by atoms with E-state index in [0.717, 1.165) is 16.8 Å². The minimum atomic E-state index is -1.25. The lowest BCUT2D eigenvalue weighted by Crippen LogP contribution is -2.44. The molecule has 49 heavy (non-hydrogen) atoms. The summed E-state index contributed by atoms with van der Waals surface area (Å²) in [7, 11) is 0. The summed E-state index contributed by atoms with van der Waals surface area (Å²) in [6, 6.07) is 4.41. The highest BCUT2D eigenvalue weighted by Gasteiger charge is 2.35. The molecule has 0 fully saturated rings. The minimum absolute atomic E-state index is 0.0602.